The molecule has 2 aromatic carbocycles. The van der Waals surface area contributed by atoms with Crippen LogP contribution in [0.1, 0.15) is 10.5 Å². The van der Waals surface area contributed by atoms with Gasteiger partial charge in [0.2, 0.25) is 5.95 Å². The number of carbonyl (C=O) groups excluding carboxylic acids is 1. The molecule has 32 heavy (non-hydrogen) atoms. The van der Waals surface area contributed by atoms with Crippen LogP contribution < -0.4 is 14.4 Å². The molecular weight excluding hydrogens is 428 g/mol. The third-order valence-corrected chi connectivity index (χ3v) is 5.94. The van der Waals surface area contributed by atoms with Crippen LogP contribution in [0.3, 0.4) is 0 Å². The van der Waals surface area contributed by atoms with Crippen molar-refractivity contribution in [3.8, 4) is 17.0 Å². The molecule has 0 spiro atoms. The maximum absolute atomic E-state index is 12.7. The van der Waals surface area contributed by atoms with Gasteiger partial charge in [0.1, 0.15) is 11.4 Å². The topological polar surface area (TPSA) is 113 Å². The Hall–Kier alpha value is -4.05. The van der Waals surface area contributed by atoms with Gasteiger partial charge in [0.05, 0.1) is 17.7 Å². The Bertz CT molecular complexity index is 1240. The predicted molar refractivity (Wildman–Crippen MR) is 122 cm³/mol. The second-order valence-corrected chi connectivity index (χ2v) is 8.16. The zero-order valence-electron chi connectivity index (χ0n) is 17.4. The van der Waals surface area contributed by atoms with Crippen LogP contribution in [0.2, 0.25) is 0 Å². The normalized spacial score (nSPS) is 11.6. The first kappa shape index (κ1) is 21.2. The zero-order valence-corrected chi connectivity index (χ0v) is 18.2. The van der Waals surface area contributed by atoms with E-state index in [2.05, 4.69) is 25.5 Å². The average Bonchev–Trinajstić information content (AvgIpc) is 3.34. The maximum Gasteiger partial charge on any atom is 0.273 e. The van der Waals surface area contributed by atoms with E-state index in [0.717, 1.165) is 5.56 Å². The summed E-state index contributed by atoms with van der Waals surface area (Å²) in [7, 11) is 1.75. The van der Waals surface area contributed by atoms with Gasteiger partial charge in [-0.15, -0.1) is 0 Å². The number of rotatable bonds is 7. The molecule has 0 radical (unpaired) electrons. The molecule has 0 saturated carbocycles. The van der Waals surface area contributed by atoms with Gasteiger partial charge in [0, 0.05) is 30.7 Å². The second-order valence-electron chi connectivity index (χ2n) is 6.64. The van der Waals surface area contributed by atoms with E-state index < -0.39 is 11.0 Å². The lowest BCUT2D eigenvalue weighted by Gasteiger charge is -2.15. The summed E-state index contributed by atoms with van der Waals surface area (Å²) in [6.07, 6.45) is 3.17. The Labute approximate surface area is 187 Å². The number of anilines is 2. The smallest absolute Gasteiger partial charge is 0.273 e. The van der Waals surface area contributed by atoms with Crippen molar-refractivity contribution in [2.45, 2.75) is 4.90 Å². The summed E-state index contributed by atoms with van der Waals surface area (Å²) in [4.78, 5) is 21.4. The van der Waals surface area contributed by atoms with E-state index in [1.807, 2.05) is 24.3 Å². The Morgan fingerprint density at radius 2 is 1.78 bits per heavy atom. The molecule has 0 fully saturated rings. The number of hydrogen-bond acceptors (Lipinski definition) is 6. The number of hydrogen-bond donors (Lipinski definition) is 2. The Morgan fingerprint density at radius 3 is 2.50 bits per heavy atom. The Balaban J connectivity index is 1.44. The fourth-order valence-electron chi connectivity index (χ4n) is 2.97. The summed E-state index contributed by atoms with van der Waals surface area (Å²) in [6.45, 7) is 0. The van der Waals surface area contributed by atoms with E-state index >= 15 is 0 Å². The van der Waals surface area contributed by atoms with Gasteiger partial charge in [0.25, 0.3) is 5.91 Å². The van der Waals surface area contributed by atoms with Crippen LogP contribution in [0.25, 0.3) is 11.3 Å². The van der Waals surface area contributed by atoms with E-state index in [4.69, 9.17) is 4.74 Å². The van der Waals surface area contributed by atoms with Gasteiger partial charge in [0.15, 0.2) is 11.0 Å². The number of benzene rings is 2. The maximum atomic E-state index is 12.7. The van der Waals surface area contributed by atoms with E-state index in [0.29, 0.717) is 33.7 Å². The Morgan fingerprint density at radius 1 is 1.06 bits per heavy atom. The van der Waals surface area contributed by atoms with Crippen molar-refractivity contribution in [3.63, 3.8) is 0 Å². The second kappa shape index (κ2) is 9.40. The average molecular weight is 449 g/mol. The first-order valence-electron chi connectivity index (χ1n) is 9.59. The number of aromatic amines is 1. The number of nitrogens with zero attached hydrogens (tertiary/aromatic N) is 4. The third kappa shape index (κ3) is 4.49. The summed E-state index contributed by atoms with van der Waals surface area (Å²) in [6, 6.07) is 17.5. The third-order valence-electron chi connectivity index (χ3n) is 4.60. The largest absolute Gasteiger partial charge is 0.496 e. The predicted octanol–water partition coefficient (Wildman–Crippen LogP) is 3.29. The van der Waals surface area contributed by atoms with Gasteiger partial charge in [-0.1, -0.05) is 12.1 Å². The van der Waals surface area contributed by atoms with Crippen molar-refractivity contribution in [2.24, 2.45) is 0 Å². The molecule has 0 aliphatic rings. The first-order valence-corrected chi connectivity index (χ1v) is 10.7. The molecule has 4 rings (SSSR count). The molecule has 162 valence electrons. The van der Waals surface area contributed by atoms with Gasteiger partial charge in [-0.25, -0.2) is 14.2 Å². The molecule has 1 atom stereocenters. The molecule has 2 heterocycles. The monoisotopic (exact) mass is 448 g/mol. The molecule has 0 bridgehead atoms. The molecular formula is C22H20N6O3S. The minimum Gasteiger partial charge on any atom is -0.496 e. The van der Waals surface area contributed by atoms with Crippen molar-refractivity contribution >= 4 is 28.5 Å². The number of nitrogens with one attached hydrogen (secondary N) is 2. The molecule has 9 nitrogen and oxygen atoms in total. The minimum absolute atomic E-state index is 0.305. The SMILES string of the molecule is COc1ccccc1-c1cc(C(=O)Nc2ccc(S(=O)N(C)c3ncccn3)cc2)[nH]n1. The number of ether oxygens (including phenoxy) is 1. The van der Waals surface area contributed by atoms with Gasteiger partial charge in [-0.3, -0.25) is 14.2 Å². The summed E-state index contributed by atoms with van der Waals surface area (Å²) < 4.78 is 19.6. The van der Waals surface area contributed by atoms with Gasteiger partial charge in [-0.05, 0) is 48.5 Å². The van der Waals surface area contributed by atoms with Crippen LogP contribution in [0.5, 0.6) is 5.75 Å². The lowest BCUT2D eigenvalue weighted by atomic mass is 10.1. The number of amides is 1. The van der Waals surface area contributed by atoms with E-state index in [9.17, 15) is 9.00 Å². The van der Waals surface area contributed by atoms with Gasteiger partial charge < -0.3 is 10.1 Å². The molecule has 0 aliphatic carbocycles. The van der Waals surface area contributed by atoms with E-state index in [1.165, 1.54) is 4.31 Å². The highest BCUT2D eigenvalue weighted by Crippen LogP contribution is 2.28. The number of aromatic nitrogens is 4. The van der Waals surface area contributed by atoms with Crippen LogP contribution in [0, 0.1) is 0 Å². The van der Waals surface area contributed by atoms with Crippen molar-refractivity contribution in [1.82, 2.24) is 20.2 Å². The summed E-state index contributed by atoms with van der Waals surface area (Å²) in [5.74, 6) is 0.677. The number of methoxy groups -OCH3 is 1. The van der Waals surface area contributed by atoms with E-state index in [-0.39, 0.29) is 5.91 Å². The molecule has 1 amide bonds. The van der Waals surface area contributed by atoms with Crippen molar-refractivity contribution in [3.05, 3.63) is 78.8 Å². The summed E-state index contributed by atoms with van der Waals surface area (Å²) >= 11 is 0. The first-order chi connectivity index (χ1) is 15.6. The summed E-state index contributed by atoms with van der Waals surface area (Å²) in [5, 5.41) is 9.77. The fraction of sp³-hybridized carbons (Fsp3) is 0.0909. The number of H-pyrrole nitrogens is 1. The standard InChI is InChI=1S/C22H20N6O3S/c1-28(22-23-12-5-13-24-22)32(30)16-10-8-15(9-11-16)25-21(29)19-14-18(26-27-19)17-6-3-4-7-20(17)31-2/h3-14H,1-2H3,(H,25,29)(H,26,27). The number of carbonyl (C=O) groups is 1. The van der Waals surface area contributed by atoms with Crippen LogP contribution in [0.4, 0.5) is 11.6 Å². The molecule has 1 unspecified atom stereocenters. The molecule has 4 aromatic rings. The number of para-hydroxylation sites is 1. The van der Waals surface area contributed by atoms with Crippen LogP contribution in [-0.2, 0) is 11.0 Å². The van der Waals surface area contributed by atoms with Crippen molar-refractivity contribution in [2.75, 3.05) is 23.8 Å². The zero-order chi connectivity index (χ0) is 22.5. The molecule has 2 N–H and O–H groups in total. The quantitative estimate of drug-likeness (QED) is 0.449. The summed E-state index contributed by atoms with van der Waals surface area (Å²) in [5.41, 5.74) is 2.25. The highest BCUT2D eigenvalue weighted by atomic mass is 32.2. The highest BCUT2D eigenvalue weighted by Gasteiger charge is 2.16. The molecule has 2 aromatic heterocycles. The van der Waals surface area contributed by atoms with Crippen LogP contribution in [-0.4, -0.2) is 44.4 Å². The van der Waals surface area contributed by atoms with E-state index in [1.54, 1.807) is 62.9 Å². The molecule has 0 saturated heterocycles. The molecule has 10 heteroatoms. The van der Waals surface area contributed by atoms with Gasteiger partial charge in [-0.2, -0.15) is 5.10 Å². The minimum atomic E-state index is -1.49. The van der Waals surface area contributed by atoms with Crippen molar-refractivity contribution < 1.29 is 13.7 Å². The lowest BCUT2D eigenvalue weighted by Crippen LogP contribution is -2.22. The highest BCUT2D eigenvalue weighted by molar-refractivity contribution is 7.86. The lowest BCUT2D eigenvalue weighted by molar-refractivity contribution is 0.102. The molecule has 0 aliphatic heterocycles. The van der Waals surface area contributed by atoms with Gasteiger partial charge >= 0.3 is 0 Å². The van der Waals surface area contributed by atoms with Crippen molar-refractivity contribution in [1.29, 1.82) is 0 Å². The fourth-order valence-corrected chi connectivity index (χ4v) is 3.90. The van der Waals surface area contributed by atoms with Crippen LogP contribution >= 0.6 is 0 Å². The van der Waals surface area contributed by atoms with Crippen LogP contribution in [0.15, 0.2) is 78.0 Å². The Kier molecular flexibility index (Phi) is 6.22.